The normalized spacial score (nSPS) is 11.1. The molecular weight excluding hydrogens is 316 g/mol. The summed E-state index contributed by atoms with van der Waals surface area (Å²) in [7, 11) is 0. The molecule has 0 saturated carbocycles. The Labute approximate surface area is 139 Å². The summed E-state index contributed by atoms with van der Waals surface area (Å²) in [6.45, 7) is 1.73. The van der Waals surface area contributed by atoms with Gasteiger partial charge in [0.2, 0.25) is 0 Å². The van der Waals surface area contributed by atoms with Gasteiger partial charge in [-0.2, -0.15) is 5.10 Å². The fraction of sp³-hybridized carbons (Fsp3) is 0.176. The van der Waals surface area contributed by atoms with Crippen LogP contribution in [0.15, 0.2) is 53.6 Å². The minimum atomic E-state index is -0.388. The van der Waals surface area contributed by atoms with Gasteiger partial charge in [-0.25, -0.2) is 5.43 Å². The minimum absolute atomic E-state index is 0.125. The Hall–Kier alpha value is -2.53. The van der Waals surface area contributed by atoms with Gasteiger partial charge in [0, 0.05) is 10.6 Å². The number of carbonyl (C=O) groups is 1. The lowest BCUT2D eigenvalue weighted by Crippen LogP contribution is -2.26. The first-order valence-electron chi connectivity index (χ1n) is 7.12. The van der Waals surface area contributed by atoms with Crippen molar-refractivity contribution < 1.29 is 14.6 Å². The molecule has 2 rings (SSSR count). The Morgan fingerprint density at radius 1 is 1.22 bits per heavy atom. The summed E-state index contributed by atoms with van der Waals surface area (Å²) >= 11 is 5.77. The molecule has 0 fully saturated rings. The van der Waals surface area contributed by atoms with E-state index in [-0.39, 0.29) is 18.3 Å². The van der Waals surface area contributed by atoms with Crippen molar-refractivity contribution in [1.29, 1.82) is 0 Å². The van der Waals surface area contributed by atoms with Crippen LogP contribution in [-0.2, 0) is 4.79 Å². The van der Waals surface area contributed by atoms with Crippen LogP contribution in [0, 0.1) is 0 Å². The van der Waals surface area contributed by atoms with Gasteiger partial charge in [0.25, 0.3) is 5.91 Å². The number of rotatable bonds is 6. The molecule has 23 heavy (non-hydrogen) atoms. The van der Waals surface area contributed by atoms with Crippen molar-refractivity contribution >= 4 is 23.2 Å². The molecule has 2 N–H and O–H groups in total. The fourth-order valence-electron chi connectivity index (χ4n) is 1.89. The standard InChI is InChI=1S/C17H17ClN2O3/c1-2-15(14-5-3-4-6-16(14)21)19-20-17(22)11-23-13-9-7-12(18)8-10-13/h3-10,21H,2,11H2,1H3,(H,20,22)/b19-15-. The maximum Gasteiger partial charge on any atom is 0.277 e. The maximum absolute atomic E-state index is 11.8. The summed E-state index contributed by atoms with van der Waals surface area (Å²) in [4.78, 5) is 11.8. The number of phenolic OH excluding ortho intramolecular Hbond substituents is 1. The first kappa shape index (κ1) is 16.8. The molecule has 0 aliphatic heterocycles. The summed E-state index contributed by atoms with van der Waals surface area (Å²) in [5, 5.41) is 14.5. The third-order valence-corrected chi connectivity index (χ3v) is 3.30. The second kappa shape index (κ2) is 8.19. The number of aromatic hydroxyl groups is 1. The third kappa shape index (κ3) is 5.00. The molecule has 0 aromatic heterocycles. The lowest BCUT2D eigenvalue weighted by molar-refractivity contribution is -0.123. The number of hydrogen-bond acceptors (Lipinski definition) is 4. The largest absolute Gasteiger partial charge is 0.507 e. The van der Waals surface area contributed by atoms with Gasteiger partial charge < -0.3 is 9.84 Å². The molecule has 2 aromatic rings. The molecule has 5 nitrogen and oxygen atoms in total. The zero-order valence-electron chi connectivity index (χ0n) is 12.6. The van der Waals surface area contributed by atoms with Gasteiger partial charge in [0.05, 0.1) is 5.71 Å². The van der Waals surface area contributed by atoms with Crippen molar-refractivity contribution in [1.82, 2.24) is 5.43 Å². The summed E-state index contributed by atoms with van der Waals surface area (Å²) in [5.41, 5.74) is 3.61. The number of hydrogen-bond donors (Lipinski definition) is 2. The number of ether oxygens (including phenoxy) is 1. The number of hydrazone groups is 1. The Morgan fingerprint density at radius 2 is 1.91 bits per heavy atom. The molecule has 1 amide bonds. The topological polar surface area (TPSA) is 70.9 Å². The first-order valence-corrected chi connectivity index (χ1v) is 7.50. The van der Waals surface area contributed by atoms with E-state index in [1.165, 1.54) is 0 Å². The quantitative estimate of drug-likeness (QED) is 0.629. The molecule has 0 aliphatic rings. The Balaban J connectivity index is 1.93. The van der Waals surface area contributed by atoms with Crippen molar-refractivity contribution in [2.75, 3.05) is 6.61 Å². The minimum Gasteiger partial charge on any atom is -0.507 e. The van der Waals surface area contributed by atoms with Gasteiger partial charge in [-0.05, 0) is 42.8 Å². The second-order valence-electron chi connectivity index (χ2n) is 4.71. The van der Waals surface area contributed by atoms with Crippen LogP contribution in [0.25, 0.3) is 0 Å². The zero-order chi connectivity index (χ0) is 16.7. The highest BCUT2D eigenvalue weighted by Crippen LogP contribution is 2.18. The lowest BCUT2D eigenvalue weighted by atomic mass is 10.1. The van der Waals surface area contributed by atoms with Crippen molar-refractivity contribution in [3.8, 4) is 11.5 Å². The van der Waals surface area contributed by atoms with Crippen LogP contribution in [0.1, 0.15) is 18.9 Å². The molecule has 0 radical (unpaired) electrons. The number of carbonyl (C=O) groups excluding carboxylic acids is 1. The number of phenols is 1. The summed E-state index contributed by atoms with van der Waals surface area (Å²) in [6.07, 6.45) is 0.565. The molecule has 0 saturated heterocycles. The van der Waals surface area contributed by atoms with Crippen molar-refractivity contribution in [3.63, 3.8) is 0 Å². The summed E-state index contributed by atoms with van der Waals surface area (Å²) in [5.74, 6) is 0.283. The van der Waals surface area contributed by atoms with E-state index in [0.29, 0.717) is 28.5 Å². The van der Waals surface area contributed by atoms with Crippen LogP contribution < -0.4 is 10.2 Å². The van der Waals surface area contributed by atoms with Gasteiger partial charge in [-0.3, -0.25) is 4.79 Å². The van der Waals surface area contributed by atoms with Crippen molar-refractivity contribution in [2.45, 2.75) is 13.3 Å². The predicted octanol–water partition coefficient (Wildman–Crippen LogP) is 3.35. The Bertz CT molecular complexity index is 699. The van der Waals surface area contributed by atoms with Gasteiger partial charge >= 0.3 is 0 Å². The van der Waals surface area contributed by atoms with E-state index in [9.17, 15) is 9.90 Å². The average molecular weight is 333 g/mol. The number of nitrogens with zero attached hydrogens (tertiary/aromatic N) is 1. The number of para-hydroxylation sites is 1. The van der Waals surface area contributed by atoms with E-state index < -0.39 is 0 Å². The van der Waals surface area contributed by atoms with Gasteiger partial charge in [0.15, 0.2) is 6.61 Å². The van der Waals surface area contributed by atoms with Crippen LogP contribution in [0.2, 0.25) is 5.02 Å². The van der Waals surface area contributed by atoms with E-state index in [4.69, 9.17) is 16.3 Å². The van der Waals surface area contributed by atoms with Crippen LogP contribution >= 0.6 is 11.6 Å². The SMILES string of the molecule is CC/C(=N/NC(=O)COc1ccc(Cl)cc1)c1ccccc1O. The van der Waals surface area contributed by atoms with Crippen LogP contribution in [0.4, 0.5) is 0 Å². The second-order valence-corrected chi connectivity index (χ2v) is 5.14. The number of halogens is 1. The molecular formula is C17H17ClN2O3. The van der Waals surface area contributed by atoms with Gasteiger partial charge in [-0.1, -0.05) is 30.7 Å². The van der Waals surface area contributed by atoms with E-state index >= 15 is 0 Å². The molecule has 0 aliphatic carbocycles. The molecule has 6 heteroatoms. The smallest absolute Gasteiger partial charge is 0.277 e. The first-order chi connectivity index (χ1) is 11.1. The number of benzene rings is 2. The number of nitrogens with one attached hydrogen (secondary N) is 1. The fourth-order valence-corrected chi connectivity index (χ4v) is 2.02. The highest BCUT2D eigenvalue weighted by molar-refractivity contribution is 6.30. The highest BCUT2D eigenvalue weighted by atomic mass is 35.5. The molecule has 0 bridgehead atoms. The summed E-state index contributed by atoms with van der Waals surface area (Å²) in [6, 6.07) is 13.6. The predicted molar refractivity (Wildman–Crippen MR) is 90.0 cm³/mol. The molecule has 0 unspecified atom stereocenters. The van der Waals surface area contributed by atoms with Crippen molar-refractivity contribution in [3.05, 3.63) is 59.1 Å². The molecule has 0 spiro atoms. The third-order valence-electron chi connectivity index (χ3n) is 3.05. The van der Waals surface area contributed by atoms with Gasteiger partial charge in [0.1, 0.15) is 11.5 Å². The van der Waals surface area contributed by atoms with E-state index in [1.54, 1.807) is 48.5 Å². The zero-order valence-corrected chi connectivity index (χ0v) is 13.4. The molecule has 2 aromatic carbocycles. The number of amides is 1. The van der Waals surface area contributed by atoms with E-state index in [0.717, 1.165) is 0 Å². The molecule has 0 atom stereocenters. The van der Waals surface area contributed by atoms with Crippen LogP contribution in [0.3, 0.4) is 0 Å². The monoisotopic (exact) mass is 332 g/mol. The lowest BCUT2D eigenvalue weighted by Gasteiger charge is -2.08. The van der Waals surface area contributed by atoms with E-state index in [1.807, 2.05) is 6.92 Å². The Morgan fingerprint density at radius 3 is 2.57 bits per heavy atom. The van der Waals surface area contributed by atoms with Gasteiger partial charge in [-0.15, -0.1) is 0 Å². The molecule has 0 heterocycles. The van der Waals surface area contributed by atoms with Crippen molar-refractivity contribution in [2.24, 2.45) is 5.10 Å². The highest BCUT2D eigenvalue weighted by Gasteiger charge is 2.08. The summed E-state index contributed by atoms with van der Waals surface area (Å²) < 4.78 is 5.33. The molecule has 120 valence electrons. The maximum atomic E-state index is 11.8. The average Bonchev–Trinajstić information content (AvgIpc) is 2.56. The van der Waals surface area contributed by atoms with Crippen LogP contribution in [-0.4, -0.2) is 23.3 Å². The van der Waals surface area contributed by atoms with E-state index in [2.05, 4.69) is 10.5 Å². The Kier molecular flexibility index (Phi) is 6.00. The van der Waals surface area contributed by atoms with Crippen LogP contribution in [0.5, 0.6) is 11.5 Å².